The molecule has 0 aliphatic carbocycles. The van der Waals surface area contributed by atoms with Gasteiger partial charge < -0.3 is 9.88 Å². The maximum Gasteiger partial charge on any atom is 0.246 e. The smallest absolute Gasteiger partial charge is 0.246 e. The van der Waals surface area contributed by atoms with Crippen molar-refractivity contribution >= 4 is 33.3 Å². The summed E-state index contributed by atoms with van der Waals surface area (Å²) in [5, 5.41) is 5.08. The number of pyridine rings is 1. The summed E-state index contributed by atoms with van der Waals surface area (Å²) in [5.74, 6) is -0.870. The van der Waals surface area contributed by atoms with Crippen LogP contribution in [-0.2, 0) is 11.3 Å². The fourth-order valence-corrected chi connectivity index (χ4v) is 2.60. The van der Waals surface area contributed by atoms with Crippen LogP contribution in [0.15, 0.2) is 46.8 Å². The number of hydrogen-bond donors (Lipinski definition) is 1. The normalized spacial score (nSPS) is 10.7. The van der Waals surface area contributed by atoms with E-state index in [0.29, 0.717) is 5.13 Å². The number of benzene rings is 1. The molecule has 0 bridgehead atoms. The molecule has 3 aromatic rings. The second-order valence-corrected chi connectivity index (χ2v) is 5.22. The Morgan fingerprint density at radius 2 is 2.24 bits per heavy atom. The minimum Gasteiger partial charge on any atom is -0.335 e. The molecule has 0 unspecified atom stereocenters. The molecule has 106 valence electrons. The van der Waals surface area contributed by atoms with Crippen LogP contribution in [0, 0.1) is 5.82 Å². The zero-order valence-corrected chi connectivity index (χ0v) is 11.6. The van der Waals surface area contributed by atoms with Gasteiger partial charge >= 0.3 is 0 Å². The fourth-order valence-electron chi connectivity index (χ4n) is 2.06. The lowest BCUT2D eigenvalue weighted by Crippen LogP contribution is -2.20. The molecular formula is C14H10FN3O2S. The Balaban J connectivity index is 1.96. The van der Waals surface area contributed by atoms with Crippen molar-refractivity contribution in [2.24, 2.45) is 0 Å². The number of carbonyl (C=O) groups excluding carboxylic acids is 1. The van der Waals surface area contributed by atoms with E-state index in [1.165, 1.54) is 46.4 Å². The third-order valence-corrected chi connectivity index (χ3v) is 3.63. The number of amides is 1. The summed E-state index contributed by atoms with van der Waals surface area (Å²) in [5.41, 5.74) is -0.152. The Labute approximate surface area is 122 Å². The molecule has 7 heteroatoms. The second-order valence-electron chi connectivity index (χ2n) is 4.33. The van der Waals surface area contributed by atoms with Crippen molar-refractivity contribution in [2.75, 3.05) is 5.32 Å². The summed E-state index contributed by atoms with van der Waals surface area (Å²) in [6.07, 6.45) is 2.99. The van der Waals surface area contributed by atoms with Crippen molar-refractivity contribution in [2.45, 2.75) is 6.54 Å². The quantitative estimate of drug-likeness (QED) is 0.807. The fraction of sp³-hybridized carbons (Fsp3) is 0.0714. The number of thiazole rings is 1. The van der Waals surface area contributed by atoms with Gasteiger partial charge in [-0.3, -0.25) is 9.59 Å². The van der Waals surface area contributed by atoms with Crippen LogP contribution < -0.4 is 10.7 Å². The highest BCUT2D eigenvalue weighted by molar-refractivity contribution is 7.13. The number of para-hydroxylation sites is 1. The van der Waals surface area contributed by atoms with Crippen molar-refractivity contribution in [3.8, 4) is 0 Å². The number of hydrogen-bond acceptors (Lipinski definition) is 4. The molecule has 2 aromatic heterocycles. The molecule has 1 aromatic carbocycles. The molecule has 0 aliphatic rings. The van der Waals surface area contributed by atoms with Crippen molar-refractivity contribution in [1.82, 2.24) is 9.55 Å². The van der Waals surface area contributed by atoms with Gasteiger partial charge in [0.1, 0.15) is 12.4 Å². The minimum atomic E-state index is -0.535. The predicted octanol–water partition coefficient (Wildman–Crippen LogP) is 2.24. The number of carbonyl (C=O) groups is 1. The number of nitrogens with zero attached hydrogens (tertiary/aromatic N) is 2. The lowest BCUT2D eigenvalue weighted by molar-refractivity contribution is -0.116. The van der Waals surface area contributed by atoms with Gasteiger partial charge in [-0.1, -0.05) is 6.07 Å². The van der Waals surface area contributed by atoms with Gasteiger partial charge in [0.15, 0.2) is 10.6 Å². The number of rotatable bonds is 3. The zero-order chi connectivity index (χ0) is 14.8. The SMILES string of the molecule is O=C(Cn1ccc(=O)c2cccc(F)c21)Nc1nccs1. The molecule has 0 saturated heterocycles. The molecule has 0 aliphatic heterocycles. The van der Waals surface area contributed by atoms with Crippen LogP contribution in [0.5, 0.6) is 0 Å². The maximum absolute atomic E-state index is 14.0. The average Bonchev–Trinajstić information content (AvgIpc) is 2.95. The molecule has 0 fully saturated rings. The van der Waals surface area contributed by atoms with E-state index in [1.807, 2.05) is 0 Å². The predicted molar refractivity (Wildman–Crippen MR) is 78.9 cm³/mol. The van der Waals surface area contributed by atoms with Gasteiger partial charge in [0, 0.05) is 29.2 Å². The highest BCUT2D eigenvalue weighted by atomic mass is 32.1. The number of aromatic nitrogens is 2. The van der Waals surface area contributed by atoms with Crippen LogP contribution in [0.1, 0.15) is 0 Å². The van der Waals surface area contributed by atoms with E-state index in [9.17, 15) is 14.0 Å². The molecular weight excluding hydrogens is 293 g/mol. The van der Waals surface area contributed by atoms with Crippen LogP contribution in [0.3, 0.4) is 0 Å². The van der Waals surface area contributed by atoms with Crippen LogP contribution in [0.2, 0.25) is 0 Å². The summed E-state index contributed by atoms with van der Waals surface area (Å²) in [6.45, 7) is -0.0999. The molecule has 5 nitrogen and oxygen atoms in total. The molecule has 21 heavy (non-hydrogen) atoms. The summed E-state index contributed by atoms with van der Waals surface area (Å²) in [6, 6.07) is 5.59. The summed E-state index contributed by atoms with van der Waals surface area (Å²) >= 11 is 1.29. The summed E-state index contributed by atoms with van der Waals surface area (Å²) in [4.78, 5) is 27.6. The molecule has 0 atom stereocenters. The van der Waals surface area contributed by atoms with Crippen LogP contribution in [-0.4, -0.2) is 15.5 Å². The highest BCUT2D eigenvalue weighted by Crippen LogP contribution is 2.15. The third kappa shape index (κ3) is 2.68. The highest BCUT2D eigenvalue weighted by Gasteiger charge is 2.11. The van der Waals surface area contributed by atoms with E-state index in [4.69, 9.17) is 0 Å². The average molecular weight is 303 g/mol. The first-order valence-electron chi connectivity index (χ1n) is 6.12. The minimum absolute atomic E-state index is 0.0999. The lowest BCUT2D eigenvalue weighted by atomic mass is 10.2. The van der Waals surface area contributed by atoms with E-state index in [0.717, 1.165) is 0 Å². The van der Waals surface area contributed by atoms with Gasteiger partial charge in [0.05, 0.1) is 5.52 Å². The Hall–Kier alpha value is -2.54. The first-order valence-corrected chi connectivity index (χ1v) is 7.00. The lowest BCUT2D eigenvalue weighted by Gasteiger charge is -2.10. The Kier molecular flexibility index (Phi) is 3.49. The van der Waals surface area contributed by atoms with E-state index in [2.05, 4.69) is 10.3 Å². The first kappa shape index (κ1) is 13.4. The molecule has 1 N–H and O–H groups in total. The largest absolute Gasteiger partial charge is 0.335 e. The molecule has 0 spiro atoms. The van der Waals surface area contributed by atoms with Crippen molar-refractivity contribution < 1.29 is 9.18 Å². The zero-order valence-electron chi connectivity index (χ0n) is 10.7. The van der Waals surface area contributed by atoms with Crippen molar-refractivity contribution in [3.05, 3.63) is 58.1 Å². The monoisotopic (exact) mass is 303 g/mol. The van der Waals surface area contributed by atoms with E-state index < -0.39 is 5.82 Å². The van der Waals surface area contributed by atoms with Crippen LogP contribution in [0.4, 0.5) is 9.52 Å². The van der Waals surface area contributed by atoms with Gasteiger partial charge in [0.25, 0.3) is 0 Å². The Bertz CT molecular complexity index is 858. The molecule has 0 saturated carbocycles. The Morgan fingerprint density at radius 3 is 3.00 bits per heavy atom. The van der Waals surface area contributed by atoms with Crippen molar-refractivity contribution in [3.63, 3.8) is 0 Å². The summed E-state index contributed by atoms with van der Waals surface area (Å²) < 4.78 is 15.4. The van der Waals surface area contributed by atoms with Gasteiger partial charge in [0.2, 0.25) is 5.91 Å². The van der Waals surface area contributed by atoms with Crippen LogP contribution in [0.25, 0.3) is 10.9 Å². The van der Waals surface area contributed by atoms with E-state index in [-0.39, 0.29) is 28.8 Å². The number of nitrogens with one attached hydrogen (secondary N) is 1. The number of anilines is 1. The van der Waals surface area contributed by atoms with E-state index in [1.54, 1.807) is 11.6 Å². The second kappa shape index (κ2) is 5.45. The first-order chi connectivity index (χ1) is 10.1. The van der Waals surface area contributed by atoms with Crippen LogP contribution >= 0.6 is 11.3 Å². The third-order valence-electron chi connectivity index (χ3n) is 2.94. The van der Waals surface area contributed by atoms with Crippen molar-refractivity contribution in [1.29, 1.82) is 0 Å². The maximum atomic E-state index is 14.0. The number of halogens is 1. The van der Waals surface area contributed by atoms with Gasteiger partial charge in [-0.05, 0) is 12.1 Å². The standard InChI is InChI=1S/C14H10FN3O2S/c15-10-3-1-2-9-11(19)4-6-18(13(9)10)8-12(20)17-14-16-5-7-21-14/h1-7H,8H2,(H,16,17,20). The van der Waals surface area contributed by atoms with Gasteiger partial charge in [-0.2, -0.15) is 0 Å². The molecule has 1 amide bonds. The summed E-state index contributed by atoms with van der Waals surface area (Å²) in [7, 11) is 0. The van der Waals surface area contributed by atoms with E-state index >= 15 is 0 Å². The van der Waals surface area contributed by atoms with Gasteiger partial charge in [-0.15, -0.1) is 11.3 Å². The Morgan fingerprint density at radius 1 is 1.38 bits per heavy atom. The molecule has 2 heterocycles. The molecule has 3 rings (SSSR count). The molecule has 0 radical (unpaired) electrons. The number of fused-ring (bicyclic) bond motifs is 1. The topological polar surface area (TPSA) is 64.0 Å². The van der Waals surface area contributed by atoms with Gasteiger partial charge in [-0.25, -0.2) is 9.37 Å².